The molecular weight excluding hydrogens is 467 g/mol. The first-order valence-corrected chi connectivity index (χ1v) is 12.1. The van der Waals surface area contributed by atoms with Gasteiger partial charge in [0.15, 0.2) is 11.3 Å². The second-order valence-electron chi connectivity index (χ2n) is 9.21. The van der Waals surface area contributed by atoms with E-state index < -0.39 is 11.9 Å². The monoisotopic (exact) mass is 496 g/mol. The van der Waals surface area contributed by atoms with Gasteiger partial charge in [0.25, 0.3) is 5.91 Å². The fraction of sp³-hybridized carbons (Fsp3) is 0.458. The Balaban J connectivity index is 1.32. The first kappa shape index (κ1) is 23.9. The molecule has 1 amide bonds. The van der Waals surface area contributed by atoms with E-state index >= 15 is 0 Å². The molecule has 190 valence electrons. The number of anilines is 3. The molecule has 2 saturated carbocycles. The van der Waals surface area contributed by atoms with Gasteiger partial charge in [-0.15, -0.1) is 5.10 Å². The predicted octanol–water partition coefficient (Wildman–Crippen LogP) is 2.58. The summed E-state index contributed by atoms with van der Waals surface area (Å²) in [6.07, 6.45) is 8.59. The van der Waals surface area contributed by atoms with E-state index in [0.717, 1.165) is 50.3 Å². The van der Waals surface area contributed by atoms with Gasteiger partial charge in [-0.05, 0) is 44.6 Å². The van der Waals surface area contributed by atoms with Crippen LogP contribution in [-0.4, -0.2) is 63.2 Å². The molecule has 2 aliphatic carbocycles. The van der Waals surface area contributed by atoms with Crippen molar-refractivity contribution < 1.29 is 18.7 Å². The Kier molecular flexibility index (Phi) is 6.94. The molecule has 0 bridgehead atoms. The zero-order chi connectivity index (χ0) is 25.1. The van der Waals surface area contributed by atoms with Gasteiger partial charge < -0.3 is 26.0 Å². The van der Waals surface area contributed by atoms with E-state index in [1.54, 1.807) is 0 Å². The third-order valence-corrected chi connectivity index (χ3v) is 6.46. The van der Waals surface area contributed by atoms with E-state index in [0.29, 0.717) is 23.2 Å². The van der Waals surface area contributed by atoms with Crippen molar-refractivity contribution >= 4 is 34.7 Å². The highest BCUT2D eigenvalue weighted by molar-refractivity contribution is 6.03. The minimum Gasteiger partial charge on any atom is -0.468 e. The van der Waals surface area contributed by atoms with Gasteiger partial charge in [0.1, 0.15) is 5.82 Å². The predicted molar refractivity (Wildman–Crippen MR) is 131 cm³/mol. The zero-order valence-electron chi connectivity index (χ0n) is 20.0. The summed E-state index contributed by atoms with van der Waals surface area (Å²) in [7, 11) is 1.38. The number of halogens is 1. The van der Waals surface area contributed by atoms with Crippen LogP contribution in [0, 0.1) is 5.95 Å². The van der Waals surface area contributed by atoms with E-state index in [2.05, 4.69) is 36.3 Å². The summed E-state index contributed by atoms with van der Waals surface area (Å²) in [5, 5.41) is 17.6. The lowest BCUT2D eigenvalue weighted by Crippen LogP contribution is -2.39. The number of nitrogens with zero attached hydrogens (tertiary/aromatic N) is 4. The number of carbonyl (C=O) groups excluding carboxylic acids is 2. The van der Waals surface area contributed by atoms with Gasteiger partial charge in [0.2, 0.25) is 5.95 Å². The second kappa shape index (κ2) is 10.4. The lowest BCUT2D eigenvalue weighted by Gasteiger charge is -2.30. The number of nitrogens with one attached hydrogen (secondary N) is 4. The molecule has 4 N–H and O–H groups in total. The number of esters is 1. The van der Waals surface area contributed by atoms with Crippen LogP contribution in [0.2, 0.25) is 0 Å². The van der Waals surface area contributed by atoms with Crippen molar-refractivity contribution in [2.24, 2.45) is 0 Å². The third kappa shape index (κ3) is 5.70. The van der Waals surface area contributed by atoms with Crippen LogP contribution in [0.3, 0.4) is 0 Å². The number of hydrogen-bond donors (Lipinski definition) is 4. The van der Waals surface area contributed by atoms with Crippen LogP contribution in [0.25, 0.3) is 5.65 Å². The Morgan fingerprint density at radius 3 is 2.50 bits per heavy atom. The van der Waals surface area contributed by atoms with Crippen LogP contribution < -0.4 is 21.3 Å². The lowest BCUT2D eigenvalue weighted by atomic mass is 9.91. The van der Waals surface area contributed by atoms with Crippen molar-refractivity contribution in [1.29, 1.82) is 0 Å². The van der Waals surface area contributed by atoms with Crippen LogP contribution in [0.4, 0.5) is 21.6 Å². The van der Waals surface area contributed by atoms with Crippen molar-refractivity contribution in [3.05, 3.63) is 42.2 Å². The Hall–Kier alpha value is -3.80. The van der Waals surface area contributed by atoms with Crippen molar-refractivity contribution in [2.75, 3.05) is 29.6 Å². The summed E-state index contributed by atoms with van der Waals surface area (Å²) in [5.74, 6) is -0.759. The Morgan fingerprint density at radius 1 is 1.06 bits per heavy atom. The zero-order valence-corrected chi connectivity index (χ0v) is 20.0. The molecular formula is C24H29FN8O3. The number of carbonyl (C=O) groups is 2. The van der Waals surface area contributed by atoms with Crippen molar-refractivity contribution in [3.8, 4) is 0 Å². The highest BCUT2D eigenvalue weighted by atomic mass is 19.1. The molecule has 5 rings (SSSR count). The van der Waals surface area contributed by atoms with Crippen LogP contribution >= 0.6 is 0 Å². The van der Waals surface area contributed by atoms with Crippen LogP contribution in [0.15, 0.2) is 30.6 Å². The summed E-state index contributed by atoms with van der Waals surface area (Å²) in [6, 6.07) is 5.46. The number of pyridine rings is 1. The second-order valence-corrected chi connectivity index (χ2v) is 9.21. The fourth-order valence-electron chi connectivity index (χ4n) is 4.37. The van der Waals surface area contributed by atoms with E-state index in [4.69, 9.17) is 4.74 Å². The Labute approximate surface area is 207 Å². The van der Waals surface area contributed by atoms with Gasteiger partial charge in [-0.25, -0.2) is 14.5 Å². The molecule has 36 heavy (non-hydrogen) atoms. The first-order valence-electron chi connectivity index (χ1n) is 12.1. The number of imidazole rings is 1. The van der Waals surface area contributed by atoms with Gasteiger partial charge in [0.05, 0.1) is 25.5 Å². The number of aromatic nitrogens is 4. The minimum absolute atomic E-state index is 0.209. The molecule has 2 fully saturated rings. The molecule has 0 aromatic carbocycles. The molecule has 3 aromatic heterocycles. The molecule has 11 nitrogen and oxygen atoms in total. The summed E-state index contributed by atoms with van der Waals surface area (Å²) in [5.41, 5.74) is 1.89. The average Bonchev–Trinajstić information content (AvgIpc) is 3.58. The maximum Gasteiger partial charge on any atom is 0.319 e. The van der Waals surface area contributed by atoms with Crippen molar-refractivity contribution in [3.63, 3.8) is 0 Å². The molecule has 0 spiro atoms. The molecule has 0 unspecified atom stereocenters. The Morgan fingerprint density at radius 2 is 1.78 bits per heavy atom. The molecule has 12 heteroatoms. The maximum atomic E-state index is 13.5. The van der Waals surface area contributed by atoms with Crippen molar-refractivity contribution in [1.82, 2.24) is 24.9 Å². The number of hydrogen-bond acceptors (Lipinski definition) is 9. The van der Waals surface area contributed by atoms with E-state index in [9.17, 15) is 14.0 Å². The van der Waals surface area contributed by atoms with Gasteiger partial charge in [-0.3, -0.25) is 9.59 Å². The molecule has 2 aliphatic rings. The van der Waals surface area contributed by atoms with E-state index in [1.165, 1.54) is 30.1 Å². The lowest BCUT2D eigenvalue weighted by molar-refractivity contribution is -0.139. The SMILES string of the molecule is COC(=O)CN[C@H]1CC[C@H](Nc2cc(NC3CC3)c3ncc(C(=O)Nc4ccnc(F)c4)n3n2)CC1. The van der Waals surface area contributed by atoms with Crippen LogP contribution in [0.5, 0.6) is 0 Å². The number of rotatable bonds is 9. The summed E-state index contributed by atoms with van der Waals surface area (Å²) < 4.78 is 19.7. The van der Waals surface area contributed by atoms with Crippen LogP contribution in [0.1, 0.15) is 49.0 Å². The van der Waals surface area contributed by atoms with E-state index in [1.807, 2.05) is 6.07 Å². The van der Waals surface area contributed by atoms with Gasteiger partial charge in [-0.1, -0.05) is 0 Å². The standard InChI is InChI=1S/C24H29FN8O3/c1-36-22(34)13-27-14-2-4-16(5-3-14)30-21-11-18(29-15-6-7-15)23-28-12-19(33(23)32-21)24(35)31-17-8-9-26-20(25)10-17/h8-12,14-16,27,29H,2-7,13H2,1H3,(H,30,32)(H,26,31,35)/t14-,16-. The van der Waals surface area contributed by atoms with Crippen LogP contribution in [-0.2, 0) is 9.53 Å². The maximum absolute atomic E-state index is 13.5. The molecule has 3 heterocycles. The topological polar surface area (TPSA) is 135 Å². The third-order valence-electron chi connectivity index (χ3n) is 6.46. The fourth-order valence-corrected chi connectivity index (χ4v) is 4.37. The number of fused-ring (bicyclic) bond motifs is 1. The summed E-state index contributed by atoms with van der Waals surface area (Å²) in [4.78, 5) is 32.3. The molecule has 3 aromatic rings. The van der Waals surface area contributed by atoms with E-state index in [-0.39, 0.29) is 30.3 Å². The summed E-state index contributed by atoms with van der Waals surface area (Å²) in [6.45, 7) is 0.214. The number of methoxy groups -OCH3 is 1. The summed E-state index contributed by atoms with van der Waals surface area (Å²) >= 11 is 0. The van der Waals surface area contributed by atoms with Gasteiger partial charge >= 0.3 is 5.97 Å². The molecule has 0 atom stereocenters. The minimum atomic E-state index is -0.679. The average molecular weight is 497 g/mol. The van der Waals surface area contributed by atoms with Gasteiger partial charge in [0, 0.05) is 42.1 Å². The highest BCUT2D eigenvalue weighted by Gasteiger charge is 2.26. The first-order chi connectivity index (χ1) is 17.5. The number of ether oxygens (including phenoxy) is 1. The van der Waals surface area contributed by atoms with Crippen molar-refractivity contribution in [2.45, 2.75) is 56.7 Å². The largest absolute Gasteiger partial charge is 0.468 e. The number of amides is 1. The Bertz CT molecular complexity index is 1250. The van der Waals surface area contributed by atoms with Gasteiger partial charge in [-0.2, -0.15) is 4.39 Å². The normalized spacial score (nSPS) is 19.6. The molecule has 0 aliphatic heterocycles. The highest BCUT2D eigenvalue weighted by Crippen LogP contribution is 2.30. The molecule has 0 saturated heterocycles. The smallest absolute Gasteiger partial charge is 0.319 e. The quantitative estimate of drug-likeness (QED) is 0.260. The molecule has 0 radical (unpaired) electrons.